The van der Waals surface area contributed by atoms with Crippen molar-refractivity contribution in [1.29, 1.82) is 0 Å². The molecule has 8 nitrogen and oxygen atoms in total. The van der Waals surface area contributed by atoms with E-state index in [0.29, 0.717) is 45.2 Å². The van der Waals surface area contributed by atoms with E-state index in [9.17, 15) is 23.9 Å². The zero-order valence-electron chi connectivity index (χ0n) is 17.2. The molecule has 6 N–H and O–H groups in total. The molecule has 4 unspecified atom stereocenters. The molecule has 2 rings (SSSR count). The predicted molar refractivity (Wildman–Crippen MR) is 109 cm³/mol. The van der Waals surface area contributed by atoms with Crippen molar-refractivity contribution in [2.45, 2.75) is 57.2 Å². The Kier molecular flexibility index (Phi) is 8.73. The second-order valence-corrected chi connectivity index (χ2v) is 7.82. The van der Waals surface area contributed by atoms with E-state index >= 15 is 0 Å². The van der Waals surface area contributed by atoms with Crippen molar-refractivity contribution in [3.05, 3.63) is 35.6 Å². The van der Waals surface area contributed by atoms with Crippen LogP contribution in [0.5, 0.6) is 0 Å². The Labute approximate surface area is 175 Å². The Morgan fingerprint density at radius 3 is 2.57 bits per heavy atom. The Hall–Kier alpha value is -2.52. The maximum atomic E-state index is 13.0. The molecular weight excluding hydrogens is 391 g/mol. The van der Waals surface area contributed by atoms with Crippen molar-refractivity contribution >= 4 is 17.7 Å². The number of halogens is 1. The SMILES string of the molecule is CC(O)C(N)C(=O)N1CCCC1C(=O)NCCCC(Cc1ccc(F)cc1)C(N)=O. The number of rotatable bonds is 10. The number of aliphatic hydroxyl groups excluding tert-OH is 1. The number of aliphatic hydroxyl groups is 1. The van der Waals surface area contributed by atoms with Gasteiger partial charge in [0, 0.05) is 19.0 Å². The highest BCUT2D eigenvalue weighted by molar-refractivity contribution is 5.90. The van der Waals surface area contributed by atoms with Gasteiger partial charge in [-0.25, -0.2) is 4.39 Å². The zero-order valence-corrected chi connectivity index (χ0v) is 17.2. The second kappa shape index (κ2) is 11.0. The molecule has 1 heterocycles. The summed E-state index contributed by atoms with van der Waals surface area (Å²) in [5, 5.41) is 12.3. The molecule has 1 aliphatic heterocycles. The van der Waals surface area contributed by atoms with Gasteiger partial charge in [-0.15, -0.1) is 0 Å². The molecule has 1 fully saturated rings. The summed E-state index contributed by atoms with van der Waals surface area (Å²) in [4.78, 5) is 38.0. The minimum Gasteiger partial charge on any atom is -0.391 e. The lowest BCUT2D eigenvalue weighted by atomic mass is 9.94. The largest absolute Gasteiger partial charge is 0.391 e. The maximum absolute atomic E-state index is 13.0. The lowest BCUT2D eigenvalue weighted by Gasteiger charge is -2.27. The van der Waals surface area contributed by atoms with E-state index < -0.39 is 35.9 Å². The molecule has 0 aromatic heterocycles. The molecule has 0 spiro atoms. The van der Waals surface area contributed by atoms with Crippen molar-refractivity contribution in [3.63, 3.8) is 0 Å². The third-order valence-electron chi connectivity index (χ3n) is 5.47. The number of carbonyl (C=O) groups is 3. The highest BCUT2D eigenvalue weighted by Crippen LogP contribution is 2.19. The van der Waals surface area contributed by atoms with E-state index in [4.69, 9.17) is 11.5 Å². The Morgan fingerprint density at radius 2 is 1.97 bits per heavy atom. The summed E-state index contributed by atoms with van der Waals surface area (Å²) in [6.07, 6.45) is 1.66. The van der Waals surface area contributed by atoms with Gasteiger partial charge in [-0.05, 0) is 56.7 Å². The van der Waals surface area contributed by atoms with Crippen LogP contribution in [0, 0.1) is 11.7 Å². The summed E-state index contributed by atoms with van der Waals surface area (Å²) in [7, 11) is 0. The van der Waals surface area contributed by atoms with Gasteiger partial charge < -0.3 is 26.8 Å². The van der Waals surface area contributed by atoms with Gasteiger partial charge in [-0.2, -0.15) is 0 Å². The van der Waals surface area contributed by atoms with E-state index in [1.165, 1.54) is 24.0 Å². The van der Waals surface area contributed by atoms with Gasteiger partial charge >= 0.3 is 0 Å². The Morgan fingerprint density at radius 1 is 1.30 bits per heavy atom. The summed E-state index contributed by atoms with van der Waals surface area (Å²) in [6, 6.07) is 4.26. The van der Waals surface area contributed by atoms with Gasteiger partial charge in [-0.1, -0.05) is 12.1 Å². The molecule has 4 atom stereocenters. The van der Waals surface area contributed by atoms with Crippen LogP contribution in [0.2, 0.25) is 0 Å². The van der Waals surface area contributed by atoms with Crippen molar-refractivity contribution in [2.75, 3.05) is 13.1 Å². The van der Waals surface area contributed by atoms with Crippen LogP contribution in [0.25, 0.3) is 0 Å². The van der Waals surface area contributed by atoms with Gasteiger partial charge in [0.05, 0.1) is 6.10 Å². The lowest BCUT2D eigenvalue weighted by molar-refractivity contribution is -0.141. The molecule has 166 valence electrons. The van der Waals surface area contributed by atoms with Crippen molar-refractivity contribution in [2.24, 2.45) is 17.4 Å². The highest BCUT2D eigenvalue weighted by Gasteiger charge is 2.37. The van der Waals surface area contributed by atoms with Crippen LogP contribution in [0.4, 0.5) is 4.39 Å². The molecule has 1 aromatic carbocycles. The summed E-state index contributed by atoms with van der Waals surface area (Å²) >= 11 is 0. The van der Waals surface area contributed by atoms with Crippen LogP contribution in [0.1, 0.15) is 38.2 Å². The normalized spacial score (nSPS) is 19.2. The molecule has 9 heteroatoms. The first-order chi connectivity index (χ1) is 14.2. The van der Waals surface area contributed by atoms with Crippen LogP contribution < -0.4 is 16.8 Å². The van der Waals surface area contributed by atoms with Crippen LogP contribution >= 0.6 is 0 Å². The first-order valence-electron chi connectivity index (χ1n) is 10.3. The maximum Gasteiger partial charge on any atom is 0.242 e. The molecule has 3 amide bonds. The van der Waals surface area contributed by atoms with Crippen molar-refractivity contribution < 1.29 is 23.9 Å². The van der Waals surface area contributed by atoms with Crippen LogP contribution in [-0.2, 0) is 20.8 Å². The average molecular weight is 423 g/mol. The third-order valence-corrected chi connectivity index (χ3v) is 5.47. The topological polar surface area (TPSA) is 139 Å². The van der Waals surface area contributed by atoms with E-state index in [2.05, 4.69) is 5.32 Å². The monoisotopic (exact) mass is 422 g/mol. The smallest absolute Gasteiger partial charge is 0.242 e. The number of amides is 3. The second-order valence-electron chi connectivity index (χ2n) is 7.82. The van der Waals surface area contributed by atoms with E-state index in [1.54, 1.807) is 12.1 Å². The van der Waals surface area contributed by atoms with E-state index in [-0.39, 0.29) is 11.7 Å². The van der Waals surface area contributed by atoms with E-state index in [1.807, 2.05) is 0 Å². The van der Waals surface area contributed by atoms with Gasteiger partial charge in [0.15, 0.2) is 0 Å². The number of nitrogens with two attached hydrogens (primary N) is 2. The van der Waals surface area contributed by atoms with Gasteiger partial charge in [0.1, 0.15) is 17.9 Å². The van der Waals surface area contributed by atoms with Crippen LogP contribution in [0.15, 0.2) is 24.3 Å². The van der Waals surface area contributed by atoms with Crippen LogP contribution in [0.3, 0.4) is 0 Å². The number of nitrogens with one attached hydrogen (secondary N) is 1. The molecule has 1 saturated heterocycles. The first kappa shape index (κ1) is 23.8. The minimum atomic E-state index is -1.05. The fourth-order valence-corrected chi connectivity index (χ4v) is 3.63. The molecule has 0 bridgehead atoms. The Balaban J connectivity index is 1.81. The average Bonchev–Trinajstić information content (AvgIpc) is 3.20. The fourth-order valence-electron chi connectivity index (χ4n) is 3.63. The van der Waals surface area contributed by atoms with E-state index in [0.717, 1.165) is 5.56 Å². The predicted octanol–water partition coefficient (Wildman–Crippen LogP) is 0.0652. The highest BCUT2D eigenvalue weighted by atomic mass is 19.1. The number of benzene rings is 1. The number of carbonyl (C=O) groups excluding carboxylic acids is 3. The molecule has 0 aliphatic carbocycles. The molecule has 0 saturated carbocycles. The molecule has 0 radical (unpaired) electrons. The molecule has 30 heavy (non-hydrogen) atoms. The standard InChI is InChI=1S/C21H31FN4O4/c1-13(27)18(23)21(30)26-11-3-5-17(26)20(29)25-10-2-4-15(19(24)28)12-14-6-8-16(22)9-7-14/h6-9,13,15,17-18,27H,2-5,10-12,23H2,1H3,(H2,24,28)(H,25,29). The molecule has 1 aliphatic rings. The third kappa shape index (κ3) is 6.50. The number of hydrogen-bond donors (Lipinski definition) is 4. The first-order valence-corrected chi connectivity index (χ1v) is 10.3. The van der Waals surface area contributed by atoms with Crippen molar-refractivity contribution in [3.8, 4) is 0 Å². The summed E-state index contributed by atoms with van der Waals surface area (Å²) in [5.74, 6) is -1.90. The quantitative estimate of drug-likeness (QED) is 0.395. The Bertz CT molecular complexity index is 741. The lowest BCUT2D eigenvalue weighted by Crippen LogP contribution is -2.54. The van der Waals surface area contributed by atoms with Crippen LogP contribution in [-0.4, -0.2) is 59.0 Å². The minimum absolute atomic E-state index is 0.271. The van der Waals surface area contributed by atoms with Gasteiger partial charge in [0.25, 0.3) is 0 Å². The summed E-state index contributed by atoms with van der Waals surface area (Å²) in [6.45, 7) is 2.21. The van der Waals surface area contributed by atoms with Gasteiger partial charge in [0.2, 0.25) is 17.7 Å². The fraction of sp³-hybridized carbons (Fsp3) is 0.571. The zero-order chi connectivity index (χ0) is 22.3. The molecule has 1 aromatic rings. The van der Waals surface area contributed by atoms with Gasteiger partial charge in [-0.3, -0.25) is 14.4 Å². The summed E-state index contributed by atoms with van der Waals surface area (Å²) < 4.78 is 13.0. The molecular formula is C21H31FN4O4. The number of nitrogens with zero attached hydrogens (tertiary/aromatic N) is 1. The van der Waals surface area contributed by atoms with Crippen molar-refractivity contribution in [1.82, 2.24) is 10.2 Å². The summed E-state index contributed by atoms with van der Waals surface area (Å²) in [5.41, 5.74) is 12.0. The number of primary amides is 1. The number of likely N-dealkylation sites (tertiary alicyclic amines) is 1. The number of hydrogen-bond acceptors (Lipinski definition) is 5.